The summed E-state index contributed by atoms with van der Waals surface area (Å²) in [5.41, 5.74) is 1.61. The van der Waals surface area contributed by atoms with E-state index in [9.17, 15) is 4.39 Å². The van der Waals surface area contributed by atoms with Crippen LogP contribution in [0.5, 0.6) is 5.75 Å². The standard InChI is InChI=1S/C17H19ClFNO/c1-3-20-15(13-8-4-5-10-16(13)21-2)11-12-7-6-9-14(18)17(12)19/h4-10,15,20H,3,11H2,1-2H3. The first-order valence-electron chi connectivity index (χ1n) is 6.96. The molecule has 21 heavy (non-hydrogen) atoms. The van der Waals surface area contributed by atoms with E-state index in [2.05, 4.69) is 5.32 Å². The molecule has 0 saturated heterocycles. The van der Waals surface area contributed by atoms with Crippen LogP contribution in [-0.4, -0.2) is 13.7 Å². The van der Waals surface area contributed by atoms with Crippen molar-refractivity contribution >= 4 is 11.6 Å². The molecular weight excluding hydrogens is 289 g/mol. The summed E-state index contributed by atoms with van der Waals surface area (Å²) >= 11 is 5.86. The highest BCUT2D eigenvalue weighted by atomic mass is 35.5. The van der Waals surface area contributed by atoms with Gasteiger partial charge in [0.05, 0.1) is 12.1 Å². The summed E-state index contributed by atoms with van der Waals surface area (Å²) < 4.78 is 19.5. The van der Waals surface area contributed by atoms with E-state index in [1.807, 2.05) is 31.2 Å². The maximum Gasteiger partial charge on any atom is 0.145 e. The van der Waals surface area contributed by atoms with Crippen molar-refractivity contribution in [2.75, 3.05) is 13.7 Å². The highest BCUT2D eigenvalue weighted by Crippen LogP contribution is 2.29. The van der Waals surface area contributed by atoms with E-state index in [1.165, 1.54) is 0 Å². The first-order chi connectivity index (χ1) is 10.2. The summed E-state index contributed by atoms with van der Waals surface area (Å²) in [6, 6.07) is 12.8. The molecule has 0 radical (unpaired) electrons. The lowest BCUT2D eigenvalue weighted by Gasteiger charge is -2.21. The van der Waals surface area contributed by atoms with E-state index >= 15 is 0 Å². The highest BCUT2D eigenvalue weighted by Gasteiger charge is 2.18. The molecular formula is C17H19ClFNO. The molecule has 4 heteroatoms. The second-order valence-corrected chi connectivity index (χ2v) is 5.18. The average molecular weight is 308 g/mol. The largest absolute Gasteiger partial charge is 0.496 e. The van der Waals surface area contributed by atoms with Gasteiger partial charge in [-0.1, -0.05) is 48.9 Å². The van der Waals surface area contributed by atoms with Crippen LogP contribution in [0.25, 0.3) is 0 Å². The number of benzene rings is 2. The number of hydrogen-bond donors (Lipinski definition) is 1. The topological polar surface area (TPSA) is 21.3 Å². The van der Waals surface area contributed by atoms with Crippen LogP contribution >= 0.6 is 11.6 Å². The number of rotatable bonds is 6. The molecule has 1 N–H and O–H groups in total. The summed E-state index contributed by atoms with van der Waals surface area (Å²) in [6.45, 7) is 2.81. The minimum atomic E-state index is -0.350. The molecule has 2 aromatic carbocycles. The normalized spacial score (nSPS) is 12.2. The molecule has 0 spiro atoms. The van der Waals surface area contributed by atoms with Crippen molar-refractivity contribution < 1.29 is 9.13 Å². The second-order valence-electron chi connectivity index (χ2n) is 4.77. The van der Waals surface area contributed by atoms with Gasteiger partial charge in [-0.05, 0) is 30.7 Å². The molecule has 0 aliphatic rings. The summed E-state index contributed by atoms with van der Waals surface area (Å²) in [4.78, 5) is 0. The van der Waals surface area contributed by atoms with E-state index in [4.69, 9.17) is 16.3 Å². The molecule has 112 valence electrons. The van der Waals surface area contributed by atoms with Crippen LogP contribution in [0.4, 0.5) is 4.39 Å². The van der Waals surface area contributed by atoms with Crippen LogP contribution in [0.2, 0.25) is 5.02 Å². The van der Waals surface area contributed by atoms with E-state index in [1.54, 1.807) is 25.3 Å². The van der Waals surface area contributed by atoms with Crippen LogP contribution in [-0.2, 0) is 6.42 Å². The fraction of sp³-hybridized carbons (Fsp3) is 0.294. The van der Waals surface area contributed by atoms with E-state index < -0.39 is 0 Å². The molecule has 0 amide bonds. The summed E-state index contributed by atoms with van der Waals surface area (Å²) in [5, 5.41) is 3.53. The van der Waals surface area contributed by atoms with E-state index in [0.29, 0.717) is 12.0 Å². The Hall–Kier alpha value is -1.58. The summed E-state index contributed by atoms with van der Waals surface area (Å²) in [7, 11) is 1.64. The number of ether oxygens (including phenoxy) is 1. The van der Waals surface area contributed by atoms with Crippen LogP contribution < -0.4 is 10.1 Å². The first kappa shape index (κ1) is 15.8. The molecule has 0 aromatic heterocycles. The monoisotopic (exact) mass is 307 g/mol. The van der Waals surface area contributed by atoms with Crippen molar-refractivity contribution in [3.05, 3.63) is 64.4 Å². The van der Waals surface area contributed by atoms with Gasteiger partial charge in [0.1, 0.15) is 11.6 Å². The zero-order valence-corrected chi connectivity index (χ0v) is 13.0. The SMILES string of the molecule is CCNC(Cc1cccc(Cl)c1F)c1ccccc1OC. The Morgan fingerprint density at radius 1 is 1.19 bits per heavy atom. The number of likely N-dealkylation sites (N-methyl/N-ethyl adjacent to an activating group) is 1. The smallest absolute Gasteiger partial charge is 0.145 e. The maximum absolute atomic E-state index is 14.1. The van der Waals surface area contributed by atoms with E-state index in [0.717, 1.165) is 17.9 Å². The van der Waals surface area contributed by atoms with Gasteiger partial charge in [0.15, 0.2) is 0 Å². The molecule has 0 heterocycles. The zero-order chi connectivity index (χ0) is 15.2. The third-order valence-electron chi connectivity index (χ3n) is 3.42. The van der Waals surface area contributed by atoms with Crippen LogP contribution in [0, 0.1) is 5.82 Å². The van der Waals surface area contributed by atoms with Crippen LogP contribution in [0.3, 0.4) is 0 Å². The Balaban J connectivity index is 2.33. The molecule has 0 fully saturated rings. The van der Waals surface area contributed by atoms with Crippen LogP contribution in [0.1, 0.15) is 24.1 Å². The second kappa shape index (κ2) is 7.43. The molecule has 0 saturated carbocycles. The number of nitrogens with one attached hydrogen (secondary N) is 1. The lowest BCUT2D eigenvalue weighted by atomic mass is 9.97. The molecule has 2 nitrogen and oxygen atoms in total. The van der Waals surface area contributed by atoms with Crippen molar-refractivity contribution in [3.63, 3.8) is 0 Å². The minimum Gasteiger partial charge on any atom is -0.496 e. The quantitative estimate of drug-likeness (QED) is 0.855. The molecule has 0 aliphatic carbocycles. The van der Waals surface area contributed by atoms with Gasteiger partial charge in [0.25, 0.3) is 0 Å². The fourth-order valence-electron chi connectivity index (χ4n) is 2.42. The third-order valence-corrected chi connectivity index (χ3v) is 3.71. The lowest BCUT2D eigenvalue weighted by molar-refractivity contribution is 0.398. The maximum atomic E-state index is 14.1. The molecule has 1 unspecified atom stereocenters. The van der Waals surface area contributed by atoms with Crippen molar-refractivity contribution in [1.29, 1.82) is 0 Å². The fourth-order valence-corrected chi connectivity index (χ4v) is 2.61. The van der Waals surface area contributed by atoms with Crippen molar-refractivity contribution in [3.8, 4) is 5.75 Å². The minimum absolute atomic E-state index is 0.0286. The average Bonchev–Trinajstić information content (AvgIpc) is 2.51. The summed E-state index contributed by atoms with van der Waals surface area (Å²) in [6.07, 6.45) is 0.514. The number of para-hydroxylation sites is 1. The van der Waals surface area contributed by atoms with Gasteiger partial charge in [0.2, 0.25) is 0 Å². The van der Waals surface area contributed by atoms with Crippen LogP contribution in [0.15, 0.2) is 42.5 Å². The Morgan fingerprint density at radius 3 is 2.67 bits per heavy atom. The van der Waals surface area contributed by atoms with Gasteiger partial charge < -0.3 is 10.1 Å². The molecule has 0 aliphatic heterocycles. The van der Waals surface area contributed by atoms with Gasteiger partial charge in [-0.25, -0.2) is 4.39 Å². The third kappa shape index (κ3) is 3.74. The molecule has 2 aromatic rings. The van der Waals surface area contributed by atoms with Gasteiger partial charge in [-0.3, -0.25) is 0 Å². The Labute approximate surface area is 129 Å². The first-order valence-corrected chi connectivity index (χ1v) is 7.34. The molecule has 1 atom stereocenters. The summed E-state index contributed by atoms with van der Waals surface area (Å²) in [5.74, 6) is 0.447. The number of halogens is 2. The Bertz CT molecular complexity index is 603. The van der Waals surface area contributed by atoms with Gasteiger partial charge >= 0.3 is 0 Å². The van der Waals surface area contributed by atoms with Crippen molar-refractivity contribution in [2.24, 2.45) is 0 Å². The van der Waals surface area contributed by atoms with Gasteiger partial charge in [0, 0.05) is 11.6 Å². The Kier molecular flexibility index (Phi) is 5.59. The zero-order valence-electron chi connectivity index (χ0n) is 12.2. The molecule has 0 bridgehead atoms. The number of hydrogen-bond acceptors (Lipinski definition) is 2. The van der Waals surface area contributed by atoms with E-state index in [-0.39, 0.29) is 16.9 Å². The number of methoxy groups -OCH3 is 1. The van der Waals surface area contributed by atoms with Crippen molar-refractivity contribution in [2.45, 2.75) is 19.4 Å². The Morgan fingerprint density at radius 2 is 1.95 bits per heavy atom. The predicted octanol–water partition coefficient (Wildman–Crippen LogP) is 4.38. The lowest BCUT2D eigenvalue weighted by Crippen LogP contribution is -2.24. The predicted molar refractivity (Wildman–Crippen MR) is 84.5 cm³/mol. The highest BCUT2D eigenvalue weighted by molar-refractivity contribution is 6.30. The van der Waals surface area contributed by atoms with Gasteiger partial charge in [-0.2, -0.15) is 0 Å². The van der Waals surface area contributed by atoms with Gasteiger partial charge in [-0.15, -0.1) is 0 Å². The van der Waals surface area contributed by atoms with Crippen molar-refractivity contribution in [1.82, 2.24) is 5.32 Å². The molecule has 2 rings (SSSR count).